The Balaban J connectivity index is 1.62. The molecule has 0 saturated heterocycles. The van der Waals surface area contributed by atoms with E-state index in [4.69, 9.17) is 11.6 Å². The lowest BCUT2D eigenvalue weighted by Crippen LogP contribution is -2.20. The largest absolute Gasteiger partial charge is 0.383 e. The molecule has 1 saturated carbocycles. The molecule has 0 spiro atoms. The van der Waals surface area contributed by atoms with Crippen molar-refractivity contribution < 1.29 is 8.78 Å². The normalized spacial score (nSPS) is 14.4. The van der Waals surface area contributed by atoms with Gasteiger partial charge in [-0.05, 0) is 43.4 Å². The van der Waals surface area contributed by atoms with Gasteiger partial charge >= 0.3 is 0 Å². The zero-order valence-electron chi connectivity index (χ0n) is 21.5. The fraction of sp³-hybridized carbons (Fsp3) is 0.370. The van der Waals surface area contributed by atoms with Gasteiger partial charge in [-0.15, -0.1) is 5.10 Å². The van der Waals surface area contributed by atoms with E-state index in [-0.39, 0.29) is 17.2 Å². The summed E-state index contributed by atoms with van der Waals surface area (Å²) in [5, 5.41) is 25.6. The zero-order chi connectivity index (χ0) is 27.2. The number of rotatable bonds is 7. The molecule has 8 nitrogen and oxygen atoms in total. The van der Waals surface area contributed by atoms with Crippen LogP contribution in [-0.4, -0.2) is 31.5 Å². The molecule has 1 fully saturated rings. The number of benzene rings is 1. The summed E-state index contributed by atoms with van der Waals surface area (Å²) in [5.74, 6) is -1.19. The topological polar surface area (TPSA) is 104 Å². The molecular weight excluding hydrogens is 510 g/mol. The van der Waals surface area contributed by atoms with E-state index < -0.39 is 17.9 Å². The van der Waals surface area contributed by atoms with E-state index in [1.165, 1.54) is 16.9 Å². The minimum absolute atomic E-state index is 0.00798. The van der Waals surface area contributed by atoms with Crippen LogP contribution in [0.3, 0.4) is 0 Å². The average molecular weight is 537 g/mol. The number of fused-ring (bicyclic) bond motifs is 1. The van der Waals surface area contributed by atoms with Gasteiger partial charge in [-0.2, -0.15) is 14.0 Å². The van der Waals surface area contributed by atoms with E-state index in [0.717, 1.165) is 12.8 Å². The fourth-order valence-corrected chi connectivity index (χ4v) is 4.57. The van der Waals surface area contributed by atoms with Crippen LogP contribution >= 0.6 is 11.6 Å². The second-order valence-corrected chi connectivity index (χ2v) is 11.2. The quantitative estimate of drug-likeness (QED) is 0.266. The van der Waals surface area contributed by atoms with E-state index in [2.05, 4.69) is 57.8 Å². The molecule has 4 aromatic rings. The zero-order valence-corrected chi connectivity index (χ0v) is 22.2. The summed E-state index contributed by atoms with van der Waals surface area (Å²) in [7, 11) is 0. The van der Waals surface area contributed by atoms with Crippen molar-refractivity contribution in [3.63, 3.8) is 0 Å². The molecular formula is C27H27ClF2N8. The van der Waals surface area contributed by atoms with Crippen LogP contribution in [0.15, 0.2) is 30.5 Å². The van der Waals surface area contributed by atoms with Gasteiger partial charge in [0.2, 0.25) is 11.9 Å². The van der Waals surface area contributed by atoms with Crippen LogP contribution in [0, 0.1) is 35.6 Å². The number of hydrogen-bond acceptors (Lipinski definition) is 7. The Labute approximate surface area is 224 Å². The first kappa shape index (κ1) is 25.8. The van der Waals surface area contributed by atoms with Crippen LogP contribution < -0.4 is 10.6 Å². The van der Waals surface area contributed by atoms with Crippen LogP contribution in [0.1, 0.15) is 68.2 Å². The van der Waals surface area contributed by atoms with Crippen LogP contribution in [0.2, 0.25) is 5.02 Å². The standard InChI is InChI=1S/C27H27ClF2N8/c1-14-18(7-8-21(29)34-14)24(25-26(30)38(37-36-25)17-5-6-17)35-16-9-19-22(33-13-27(2,3)4)15(11-31)12-32-23(19)20(28)10-16/h7-10,12,17,24,35H,5-6,13H2,1-4H3,(H,32,33). The Bertz CT molecular complexity index is 1570. The Kier molecular flexibility index (Phi) is 6.65. The second-order valence-electron chi connectivity index (χ2n) is 10.8. The highest BCUT2D eigenvalue weighted by Crippen LogP contribution is 2.39. The third-order valence-corrected chi connectivity index (χ3v) is 6.67. The molecule has 1 atom stereocenters. The number of aromatic nitrogens is 5. The maximum atomic E-state index is 15.5. The van der Waals surface area contributed by atoms with Gasteiger partial charge < -0.3 is 10.6 Å². The molecule has 1 aliphatic rings. The number of pyridine rings is 2. The van der Waals surface area contributed by atoms with Crippen molar-refractivity contribution in [2.75, 3.05) is 17.2 Å². The molecule has 1 unspecified atom stereocenters. The number of nitrogens with one attached hydrogen (secondary N) is 2. The number of anilines is 2. The summed E-state index contributed by atoms with van der Waals surface area (Å²) in [6, 6.07) is 7.62. The van der Waals surface area contributed by atoms with Crippen LogP contribution in [-0.2, 0) is 0 Å². The van der Waals surface area contributed by atoms with Gasteiger partial charge in [0.25, 0.3) is 0 Å². The van der Waals surface area contributed by atoms with Crippen molar-refractivity contribution >= 4 is 33.9 Å². The molecule has 0 aliphatic heterocycles. The van der Waals surface area contributed by atoms with Gasteiger partial charge in [-0.3, -0.25) is 4.98 Å². The summed E-state index contributed by atoms with van der Waals surface area (Å²) < 4.78 is 30.6. The number of halogens is 3. The Morgan fingerprint density at radius 3 is 2.66 bits per heavy atom. The number of aryl methyl sites for hydroxylation is 1. The highest BCUT2D eigenvalue weighted by Gasteiger charge is 2.33. The fourth-order valence-electron chi connectivity index (χ4n) is 4.30. The minimum Gasteiger partial charge on any atom is -0.383 e. The molecule has 2 N–H and O–H groups in total. The summed E-state index contributed by atoms with van der Waals surface area (Å²) in [4.78, 5) is 8.33. The van der Waals surface area contributed by atoms with Crippen molar-refractivity contribution in [2.24, 2.45) is 5.41 Å². The molecule has 5 rings (SSSR count). The van der Waals surface area contributed by atoms with E-state index in [0.29, 0.717) is 50.7 Å². The molecule has 38 heavy (non-hydrogen) atoms. The first-order chi connectivity index (χ1) is 18.1. The molecule has 11 heteroatoms. The lowest BCUT2D eigenvalue weighted by Gasteiger charge is -2.23. The predicted octanol–water partition coefficient (Wildman–Crippen LogP) is 6.33. The average Bonchev–Trinajstić information content (AvgIpc) is 3.62. The SMILES string of the molecule is Cc1nc(F)ccc1C(Nc1cc(Cl)c2ncc(C#N)c(NCC(C)(C)C)c2c1)c1nnn(C2CC2)c1F. The number of hydrogen-bond donors (Lipinski definition) is 2. The summed E-state index contributed by atoms with van der Waals surface area (Å²) in [5.41, 5.74) is 2.99. The van der Waals surface area contributed by atoms with Gasteiger partial charge in [-0.25, -0.2) is 9.67 Å². The first-order valence-electron chi connectivity index (χ1n) is 12.3. The molecule has 3 aromatic heterocycles. The maximum Gasteiger partial charge on any atom is 0.237 e. The third kappa shape index (κ3) is 5.11. The molecule has 0 amide bonds. The Hall–Kier alpha value is -3.84. The molecule has 0 radical (unpaired) electrons. The van der Waals surface area contributed by atoms with E-state index in [9.17, 15) is 9.65 Å². The van der Waals surface area contributed by atoms with E-state index in [1.54, 1.807) is 19.1 Å². The van der Waals surface area contributed by atoms with Crippen molar-refractivity contribution in [2.45, 2.75) is 52.6 Å². The van der Waals surface area contributed by atoms with Gasteiger partial charge in [0, 0.05) is 35.1 Å². The lowest BCUT2D eigenvalue weighted by molar-refractivity contribution is 0.443. The Morgan fingerprint density at radius 1 is 1.24 bits per heavy atom. The monoisotopic (exact) mass is 536 g/mol. The summed E-state index contributed by atoms with van der Waals surface area (Å²) >= 11 is 6.65. The van der Waals surface area contributed by atoms with Gasteiger partial charge in [0.15, 0.2) is 0 Å². The highest BCUT2D eigenvalue weighted by atomic mass is 35.5. The van der Waals surface area contributed by atoms with Gasteiger partial charge in [0.05, 0.1) is 27.8 Å². The molecule has 0 bridgehead atoms. The maximum absolute atomic E-state index is 15.5. The van der Waals surface area contributed by atoms with Crippen molar-refractivity contribution in [1.82, 2.24) is 25.0 Å². The Morgan fingerprint density at radius 2 is 2.00 bits per heavy atom. The van der Waals surface area contributed by atoms with Crippen LogP contribution in [0.5, 0.6) is 0 Å². The second kappa shape index (κ2) is 9.80. The summed E-state index contributed by atoms with van der Waals surface area (Å²) in [6.07, 6.45) is 3.18. The summed E-state index contributed by atoms with van der Waals surface area (Å²) in [6.45, 7) is 8.52. The third-order valence-electron chi connectivity index (χ3n) is 6.38. The van der Waals surface area contributed by atoms with Crippen LogP contribution in [0.25, 0.3) is 10.9 Å². The van der Waals surface area contributed by atoms with Crippen molar-refractivity contribution in [3.05, 3.63) is 69.9 Å². The van der Waals surface area contributed by atoms with Crippen molar-refractivity contribution in [3.8, 4) is 6.07 Å². The molecule has 1 aromatic carbocycles. The lowest BCUT2D eigenvalue weighted by atomic mass is 9.96. The first-order valence-corrected chi connectivity index (χ1v) is 12.7. The van der Waals surface area contributed by atoms with Crippen LogP contribution in [0.4, 0.5) is 20.2 Å². The van der Waals surface area contributed by atoms with Crippen molar-refractivity contribution in [1.29, 1.82) is 5.26 Å². The molecule has 1 aliphatic carbocycles. The van der Waals surface area contributed by atoms with E-state index >= 15 is 4.39 Å². The molecule has 3 heterocycles. The predicted molar refractivity (Wildman–Crippen MR) is 142 cm³/mol. The van der Waals surface area contributed by atoms with Gasteiger partial charge in [-0.1, -0.05) is 43.7 Å². The smallest absolute Gasteiger partial charge is 0.237 e. The minimum atomic E-state index is -0.831. The number of nitrogens with zero attached hydrogens (tertiary/aromatic N) is 6. The van der Waals surface area contributed by atoms with Gasteiger partial charge in [0.1, 0.15) is 17.8 Å². The highest BCUT2D eigenvalue weighted by molar-refractivity contribution is 6.35. The number of nitriles is 1. The molecule has 196 valence electrons. The van der Waals surface area contributed by atoms with E-state index in [1.807, 2.05) is 6.07 Å².